The second-order valence-electron chi connectivity index (χ2n) is 4.64. The zero-order valence-corrected chi connectivity index (χ0v) is 11.4. The zero-order valence-electron chi connectivity index (χ0n) is 10.5. The Bertz CT molecular complexity index is 475. The first kappa shape index (κ1) is 12.6. The molecule has 5 nitrogen and oxygen atoms in total. The quantitative estimate of drug-likeness (QED) is 0.773. The van der Waals surface area contributed by atoms with E-state index in [2.05, 4.69) is 12.8 Å². The van der Waals surface area contributed by atoms with Gasteiger partial charge in [-0.05, 0) is 12.1 Å². The maximum Gasteiger partial charge on any atom is 0.267 e. The Morgan fingerprint density at radius 2 is 1.84 bits per heavy atom. The van der Waals surface area contributed by atoms with Gasteiger partial charge in [-0.2, -0.15) is 0 Å². The molecular formula is C13H16N2O3S. The molecule has 2 heterocycles. The van der Waals surface area contributed by atoms with Crippen molar-refractivity contribution in [3.05, 3.63) is 24.3 Å². The lowest BCUT2D eigenvalue weighted by Crippen LogP contribution is -2.52. The van der Waals surface area contributed by atoms with E-state index in [1.165, 1.54) is 0 Å². The van der Waals surface area contributed by atoms with Crippen LogP contribution in [-0.2, 0) is 4.79 Å². The number of piperazine rings is 1. The van der Waals surface area contributed by atoms with Gasteiger partial charge in [-0.3, -0.25) is 4.79 Å². The van der Waals surface area contributed by atoms with Gasteiger partial charge in [-0.15, -0.1) is 0 Å². The summed E-state index contributed by atoms with van der Waals surface area (Å²) in [5.74, 6) is 1.34. The minimum Gasteiger partial charge on any atom is -0.485 e. The van der Waals surface area contributed by atoms with Crippen LogP contribution in [0.1, 0.15) is 0 Å². The number of carbonyl (C=O) groups is 1. The molecule has 1 unspecified atom stereocenters. The summed E-state index contributed by atoms with van der Waals surface area (Å²) < 4.78 is 13.2. The van der Waals surface area contributed by atoms with Crippen molar-refractivity contribution in [2.45, 2.75) is 6.10 Å². The monoisotopic (exact) mass is 280 g/mol. The van der Waals surface area contributed by atoms with Crippen molar-refractivity contribution in [2.75, 3.05) is 32.8 Å². The van der Waals surface area contributed by atoms with Crippen molar-refractivity contribution in [1.82, 2.24) is 9.21 Å². The number of ether oxygens (including phenoxy) is 2. The fraction of sp³-hybridized carbons (Fsp3) is 0.462. The second-order valence-corrected chi connectivity index (χ2v) is 5.21. The van der Waals surface area contributed by atoms with Crippen LogP contribution in [0.5, 0.6) is 11.5 Å². The Balaban J connectivity index is 1.66. The molecule has 6 heteroatoms. The van der Waals surface area contributed by atoms with Crippen LogP contribution in [0.25, 0.3) is 0 Å². The van der Waals surface area contributed by atoms with Crippen molar-refractivity contribution in [3.8, 4) is 11.5 Å². The van der Waals surface area contributed by atoms with Crippen LogP contribution < -0.4 is 9.47 Å². The summed E-state index contributed by atoms with van der Waals surface area (Å²) in [6, 6.07) is 7.42. The number of hydrogen-bond donors (Lipinski definition) is 1. The summed E-state index contributed by atoms with van der Waals surface area (Å²) in [6.07, 6.45) is -0.540. The lowest BCUT2D eigenvalue weighted by Gasteiger charge is -2.35. The highest BCUT2D eigenvalue weighted by atomic mass is 32.1. The highest BCUT2D eigenvalue weighted by molar-refractivity contribution is 7.77. The van der Waals surface area contributed by atoms with Crippen molar-refractivity contribution in [3.63, 3.8) is 0 Å². The van der Waals surface area contributed by atoms with Crippen molar-refractivity contribution >= 4 is 18.7 Å². The van der Waals surface area contributed by atoms with Crippen molar-refractivity contribution in [2.24, 2.45) is 0 Å². The van der Waals surface area contributed by atoms with Gasteiger partial charge in [0.05, 0.1) is 0 Å². The zero-order chi connectivity index (χ0) is 13.2. The van der Waals surface area contributed by atoms with Crippen LogP contribution in [0.2, 0.25) is 0 Å². The first-order chi connectivity index (χ1) is 9.24. The third-order valence-corrected chi connectivity index (χ3v) is 3.75. The molecule has 2 aliphatic heterocycles. The number of thiol groups is 1. The Kier molecular flexibility index (Phi) is 3.52. The van der Waals surface area contributed by atoms with E-state index < -0.39 is 6.10 Å². The first-order valence-corrected chi connectivity index (χ1v) is 6.75. The third kappa shape index (κ3) is 2.64. The van der Waals surface area contributed by atoms with E-state index >= 15 is 0 Å². The summed E-state index contributed by atoms with van der Waals surface area (Å²) in [6.45, 7) is 3.20. The fourth-order valence-electron chi connectivity index (χ4n) is 2.26. The molecule has 19 heavy (non-hydrogen) atoms. The molecule has 3 rings (SSSR count). The van der Waals surface area contributed by atoms with Crippen LogP contribution in [0.15, 0.2) is 24.3 Å². The summed E-state index contributed by atoms with van der Waals surface area (Å²) >= 11 is 4.27. The van der Waals surface area contributed by atoms with Crippen LogP contribution in [0.4, 0.5) is 0 Å². The number of amides is 1. The topological polar surface area (TPSA) is 42.0 Å². The van der Waals surface area contributed by atoms with Gasteiger partial charge in [-0.1, -0.05) is 24.9 Å². The molecule has 0 bridgehead atoms. The minimum atomic E-state index is -0.540. The van der Waals surface area contributed by atoms with Crippen LogP contribution in [0, 0.1) is 0 Å². The maximum atomic E-state index is 12.3. The van der Waals surface area contributed by atoms with Gasteiger partial charge in [0.2, 0.25) is 6.10 Å². The standard InChI is InChI=1S/C13H16N2O3S/c16-13(14-5-7-15(19)8-6-14)12-9-17-10-3-1-2-4-11(10)18-12/h1-4,12,19H,5-9H2. The average molecular weight is 280 g/mol. The van der Waals surface area contributed by atoms with E-state index in [0.29, 0.717) is 24.6 Å². The lowest BCUT2D eigenvalue weighted by atomic mass is 10.2. The highest BCUT2D eigenvalue weighted by Gasteiger charge is 2.32. The molecule has 0 saturated carbocycles. The van der Waals surface area contributed by atoms with E-state index in [1.807, 2.05) is 33.5 Å². The Hall–Kier alpha value is -1.40. The van der Waals surface area contributed by atoms with Gasteiger partial charge >= 0.3 is 0 Å². The minimum absolute atomic E-state index is 0.00376. The number of nitrogens with zero attached hydrogens (tertiary/aromatic N) is 2. The number of para-hydroxylation sites is 2. The van der Waals surface area contributed by atoms with E-state index in [0.717, 1.165) is 13.1 Å². The molecule has 1 aromatic carbocycles. The summed E-state index contributed by atoms with van der Waals surface area (Å²) in [5, 5.41) is 0. The molecule has 0 spiro atoms. The number of hydrogen-bond acceptors (Lipinski definition) is 5. The molecular weight excluding hydrogens is 264 g/mol. The predicted molar refractivity (Wildman–Crippen MR) is 73.5 cm³/mol. The Morgan fingerprint density at radius 3 is 2.58 bits per heavy atom. The van der Waals surface area contributed by atoms with E-state index in [9.17, 15) is 4.79 Å². The normalized spacial score (nSPS) is 23.2. The largest absolute Gasteiger partial charge is 0.485 e. The summed E-state index contributed by atoms with van der Waals surface area (Å²) in [5.41, 5.74) is 0. The van der Waals surface area contributed by atoms with Gasteiger partial charge in [0.25, 0.3) is 5.91 Å². The third-order valence-electron chi connectivity index (χ3n) is 3.35. The molecule has 0 radical (unpaired) electrons. The van der Waals surface area contributed by atoms with Gasteiger partial charge < -0.3 is 14.4 Å². The molecule has 1 atom stereocenters. The molecule has 2 aliphatic rings. The van der Waals surface area contributed by atoms with Crippen molar-refractivity contribution in [1.29, 1.82) is 0 Å². The summed E-state index contributed by atoms with van der Waals surface area (Å²) in [7, 11) is 0. The molecule has 1 aromatic rings. The number of rotatable bonds is 1. The smallest absolute Gasteiger partial charge is 0.267 e. The molecule has 102 valence electrons. The van der Waals surface area contributed by atoms with Gasteiger partial charge in [0.1, 0.15) is 6.61 Å². The second kappa shape index (κ2) is 5.30. The average Bonchev–Trinajstić information content (AvgIpc) is 2.47. The molecule has 0 aromatic heterocycles. The Morgan fingerprint density at radius 1 is 1.16 bits per heavy atom. The molecule has 0 N–H and O–H groups in total. The summed E-state index contributed by atoms with van der Waals surface area (Å²) in [4.78, 5) is 14.2. The van der Waals surface area contributed by atoms with Gasteiger partial charge in [0, 0.05) is 26.2 Å². The molecule has 1 saturated heterocycles. The number of benzene rings is 1. The molecule has 1 fully saturated rings. The van der Waals surface area contributed by atoms with E-state index in [-0.39, 0.29) is 12.5 Å². The lowest BCUT2D eigenvalue weighted by molar-refractivity contribution is -0.142. The van der Waals surface area contributed by atoms with E-state index in [4.69, 9.17) is 9.47 Å². The van der Waals surface area contributed by atoms with E-state index in [1.54, 1.807) is 0 Å². The number of fused-ring (bicyclic) bond motifs is 1. The van der Waals surface area contributed by atoms with Crippen LogP contribution >= 0.6 is 12.8 Å². The number of carbonyl (C=O) groups excluding carboxylic acids is 1. The van der Waals surface area contributed by atoms with Crippen molar-refractivity contribution < 1.29 is 14.3 Å². The molecule has 1 amide bonds. The van der Waals surface area contributed by atoms with Crippen LogP contribution in [0.3, 0.4) is 0 Å². The van der Waals surface area contributed by atoms with Gasteiger partial charge in [0.15, 0.2) is 11.5 Å². The SMILES string of the molecule is O=C(C1COc2ccccc2O1)N1CCN(S)CC1. The Labute approximate surface area is 117 Å². The highest BCUT2D eigenvalue weighted by Crippen LogP contribution is 2.31. The fourth-order valence-corrected chi connectivity index (χ4v) is 2.44. The van der Waals surface area contributed by atoms with Gasteiger partial charge in [-0.25, -0.2) is 4.31 Å². The first-order valence-electron chi connectivity index (χ1n) is 6.35. The maximum absolute atomic E-state index is 12.3. The molecule has 0 aliphatic carbocycles. The van der Waals surface area contributed by atoms with Crippen LogP contribution in [-0.4, -0.2) is 54.0 Å². The predicted octanol–water partition coefficient (Wildman–Crippen LogP) is 0.815.